The van der Waals surface area contributed by atoms with Gasteiger partial charge in [0.2, 0.25) is 0 Å². The highest BCUT2D eigenvalue weighted by molar-refractivity contribution is 6.06. The van der Waals surface area contributed by atoms with Crippen molar-refractivity contribution in [2.75, 3.05) is 7.11 Å². The van der Waals surface area contributed by atoms with Crippen molar-refractivity contribution >= 4 is 17.8 Å². The van der Waals surface area contributed by atoms with E-state index in [1.54, 1.807) is 31.4 Å². The van der Waals surface area contributed by atoms with E-state index in [9.17, 15) is 4.79 Å². The first kappa shape index (κ1) is 17.9. The number of hydrogen-bond donors (Lipinski definition) is 0. The molecule has 4 nitrogen and oxygen atoms in total. The Balaban J connectivity index is 1.86. The van der Waals surface area contributed by atoms with Crippen molar-refractivity contribution in [1.29, 1.82) is 0 Å². The van der Waals surface area contributed by atoms with Gasteiger partial charge in [-0.1, -0.05) is 48.5 Å². The largest absolute Gasteiger partial charge is 0.496 e. The van der Waals surface area contributed by atoms with Crippen LogP contribution in [0.3, 0.4) is 0 Å². The first-order chi connectivity index (χ1) is 12.7. The molecule has 0 radical (unpaired) electrons. The van der Waals surface area contributed by atoms with Crippen molar-refractivity contribution in [1.82, 2.24) is 0 Å². The standard InChI is InChI=1S/C22H23NO3/c1-16-9-8-13-19(15-18-12-6-7-14-20(18)25-2)21(16)23-26-22(24)17-10-4-3-5-11-17/h3-7,10-12,14-16H,8-9,13H2,1-2H3/b19-15+,23-21+. The van der Waals surface area contributed by atoms with Crippen LogP contribution in [0.15, 0.2) is 65.3 Å². The van der Waals surface area contributed by atoms with E-state index in [0.717, 1.165) is 41.9 Å². The van der Waals surface area contributed by atoms with Crippen LogP contribution in [0, 0.1) is 5.92 Å². The van der Waals surface area contributed by atoms with Crippen molar-refractivity contribution in [3.05, 3.63) is 71.3 Å². The number of carbonyl (C=O) groups excluding carboxylic acids is 1. The van der Waals surface area contributed by atoms with Gasteiger partial charge in [0.15, 0.2) is 0 Å². The molecule has 0 aliphatic heterocycles. The van der Waals surface area contributed by atoms with Gasteiger partial charge in [-0.05, 0) is 49.1 Å². The molecule has 0 heterocycles. The third kappa shape index (κ3) is 4.20. The number of para-hydroxylation sites is 1. The van der Waals surface area contributed by atoms with E-state index in [-0.39, 0.29) is 5.92 Å². The molecular weight excluding hydrogens is 326 g/mol. The highest BCUT2D eigenvalue weighted by Crippen LogP contribution is 2.30. The molecule has 0 aromatic heterocycles. The van der Waals surface area contributed by atoms with Crippen LogP contribution in [0.4, 0.5) is 0 Å². The number of rotatable bonds is 4. The number of methoxy groups -OCH3 is 1. The average molecular weight is 349 g/mol. The van der Waals surface area contributed by atoms with Crippen molar-refractivity contribution < 1.29 is 14.4 Å². The minimum atomic E-state index is -0.437. The highest BCUT2D eigenvalue weighted by atomic mass is 16.7. The molecule has 1 unspecified atom stereocenters. The van der Waals surface area contributed by atoms with Crippen LogP contribution in [0.2, 0.25) is 0 Å². The van der Waals surface area contributed by atoms with Gasteiger partial charge in [-0.15, -0.1) is 0 Å². The lowest BCUT2D eigenvalue weighted by Crippen LogP contribution is -2.20. The monoisotopic (exact) mass is 349 g/mol. The molecule has 1 aliphatic carbocycles. The lowest BCUT2D eigenvalue weighted by Gasteiger charge is -2.23. The van der Waals surface area contributed by atoms with Gasteiger partial charge in [0.25, 0.3) is 0 Å². The van der Waals surface area contributed by atoms with Gasteiger partial charge in [-0.25, -0.2) is 4.79 Å². The SMILES string of the molecule is COc1ccccc1/C=C1\CCCC(C)\C1=N/OC(=O)c1ccccc1. The van der Waals surface area contributed by atoms with E-state index in [4.69, 9.17) is 9.57 Å². The molecule has 1 fully saturated rings. The normalized spacial score (nSPS) is 20.2. The van der Waals surface area contributed by atoms with Gasteiger partial charge in [0.05, 0.1) is 18.4 Å². The Morgan fingerprint density at radius 2 is 1.85 bits per heavy atom. The molecule has 4 heteroatoms. The predicted molar refractivity (Wildman–Crippen MR) is 103 cm³/mol. The van der Waals surface area contributed by atoms with E-state index in [0.29, 0.717) is 5.56 Å². The summed E-state index contributed by atoms with van der Waals surface area (Å²) in [4.78, 5) is 17.4. The maximum atomic E-state index is 12.2. The first-order valence-electron chi connectivity index (χ1n) is 8.87. The molecule has 26 heavy (non-hydrogen) atoms. The smallest absolute Gasteiger partial charge is 0.365 e. The molecule has 0 bridgehead atoms. The van der Waals surface area contributed by atoms with Gasteiger partial charge < -0.3 is 9.57 Å². The number of oxime groups is 1. The summed E-state index contributed by atoms with van der Waals surface area (Å²) in [5, 5.41) is 4.23. The fourth-order valence-corrected chi connectivity index (χ4v) is 3.17. The van der Waals surface area contributed by atoms with Gasteiger partial charge in [0, 0.05) is 11.5 Å². The fraction of sp³-hybridized carbons (Fsp3) is 0.273. The summed E-state index contributed by atoms with van der Waals surface area (Å²) in [6.45, 7) is 2.12. The highest BCUT2D eigenvalue weighted by Gasteiger charge is 2.22. The molecule has 0 saturated heterocycles. The summed E-state index contributed by atoms with van der Waals surface area (Å²) in [5.41, 5.74) is 3.43. The molecule has 1 saturated carbocycles. The minimum absolute atomic E-state index is 0.244. The quantitative estimate of drug-likeness (QED) is 0.569. The maximum absolute atomic E-state index is 12.2. The lowest BCUT2D eigenvalue weighted by molar-refractivity contribution is 0.0514. The Hall–Kier alpha value is -2.88. The second-order valence-electron chi connectivity index (χ2n) is 6.43. The number of nitrogens with zero attached hydrogens (tertiary/aromatic N) is 1. The lowest BCUT2D eigenvalue weighted by atomic mass is 9.84. The van der Waals surface area contributed by atoms with E-state index < -0.39 is 5.97 Å². The fourth-order valence-electron chi connectivity index (χ4n) is 3.17. The zero-order chi connectivity index (χ0) is 18.4. The molecule has 2 aromatic rings. The third-order valence-corrected chi connectivity index (χ3v) is 4.58. The zero-order valence-electron chi connectivity index (χ0n) is 15.1. The molecular formula is C22H23NO3. The topological polar surface area (TPSA) is 47.9 Å². The van der Waals surface area contributed by atoms with Crippen molar-refractivity contribution in [3.8, 4) is 5.75 Å². The Bertz CT molecular complexity index is 824. The summed E-state index contributed by atoms with van der Waals surface area (Å²) < 4.78 is 5.44. The van der Waals surface area contributed by atoms with Crippen molar-refractivity contribution in [2.45, 2.75) is 26.2 Å². The van der Waals surface area contributed by atoms with Crippen LogP contribution in [0.25, 0.3) is 6.08 Å². The molecule has 0 amide bonds. The first-order valence-corrected chi connectivity index (χ1v) is 8.87. The Kier molecular flexibility index (Phi) is 5.84. The molecule has 3 rings (SSSR count). The summed E-state index contributed by atoms with van der Waals surface area (Å²) in [6.07, 6.45) is 5.12. The Morgan fingerprint density at radius 3 is 2.62 bits per heavy atom. The molecule has 0 N–H and O–H groups in total. The van der Waals surface area contributed by atoms with Gasteiger partial charge in [-0.3, -0.25) is 0 Å². The van der Waals surface area contributed by atoms with E-state index in [1.807, 2.05) is 30.3 Å². The van der Waals surface area contributed by atoms with Gasteiger partial charge >= 0.3 is 5.97 Å². The Morgan fingerprint density at radius 1 is 1.12 bits per heavy atom. The second-order valence-corrected chi connectivity index (χ2v) is 6.43. The van der Waals surface area contributed by atoms with Crippen LogP contribution in [-0.2, 0) is 4.84 Å². The van der Waals surface area contributed by atoms with Crippen LogP contribution >= 0.6 is 0 Å². The van der Waals surface area contributed by atoms with Crippen LogP contribution in [-0.4, -0.2) is 18.8 Å². The summed E-state index contributed by atoms with van der Waals surface area (Å²) in [7, 11) is 1.66. The number of allylic oxidation sites excluding steroid dienone is 1. The average Bonchev–Trinajstić information content (AvgIpc) is 2.68. The molecule has 1 atom stereocenters. The van der Waals surface area contributed by atoms with Crippen LogP contribution in [0.1, 0.15) is 42.1 Å². The second kappa shape index (κ2) is 8.48. The molecule has 1 aliphatic rings. The van der Waals surface area contributed by atoms with E-state index in [2.05, 4.69) is 18.2 Å². The molecule has 134 valence electrons. The van der Waals surface area contributed by atoms with E-state index >= 15 is 0 Å². The van der Waals surface area contributed by atoms with Crippen molar-refractivity contribution in [2.24, 2.45) is 11.1 Å². The van der Waals surface area contributed by atoms with Crippen molar-refractivity contribution in [3.63, 3.8) is 0 Å². The van der Waals surface area contributed by atoms with E-state index in [1.165, 1.54) is 0 Å². The minimum Gasteiger partial charge on any atom is -0.496 e. The summed E-state index contributed by atoms with van der Waals surface area (Å²) in [6, 6.07) is 16.8. The van der Waals surface area contributed by atoms with Crippen LogP contribution in [0.5, 0.6) is 5.75 Å². The molecule has 0 spiro atoms. The number of carbonyl (C=O) groups is 1. The number of ether oxygens (including phenoxy) is 1. The number of benzene rings is 2. The third-order valence-electron chi connectivity index (χ3n) is 4.58. The Labute approximate surface area is 154 Å². The summed E-state index contributed by atoms with van der Waals surface area (Å²) in [5.74, 6) is 0.625. The summed E-state index contributed by atoms with van der Waals surface area (Å²) >= 11 is 0. The van der Waals surface area contributed by atoms with Gasteiger partial charge in [-0.2, -0.15) is 0 Å². The number of hydrogen-bond acceptors (Lipinski definition) is 4. The predicted octanol–water partition coefficient (Wildman–Crippen LogP) is 5.11. The molecule has 2 aromatic carbocycles. The zero-order valence-corrected chi connectivity index (χ0v) is 15.1. The van der Waals surface area contributed by atoms with Crippen LogP contribution < -0.4 is 4.74 Å². The van der Waals surface area contributed by atoms with Gasteiger partial charge in [0.1, 0.15) is 5.75 Å². The maximum Gasteiger partial charge on any atom is 0.365 e.